The predicted molar refractivity (Wildman–Crippen MR) is 128 cm³/mol. The summed E-state index contributed by atoms with van der Waals surface area (Å²) < 4.78 is 1.10. The first-order valence-electron chi connectivity index (χ1n) is 10.4. The fraction of sp³-hybridized carbons (Fsp3) is 0.409. The summed E-state index contributed by atoms with van der Waals surface area (Å²) in [5, 5.41) is 13.7. The van der Waals surface area contributed by atoms with Gasteiger partial charge in [0, 0.05) is 43.0 Å². The predicted octanol–water partition coefficient (Wildman–Crippen LogP) is 4.40. The highest BCUT2D eigenvalue weighted by Crippen LogP contribution is 2.38. The van der Waals surface area contributed by atoms with E-state index in [1.165, 1.54) is 0 Å². The Bertz CT molecular complexity index is 1210. The molecular weight excluding hydrogens is 426 g/mol. The van der Waals surface area contributed by atoms with E-state index in [9.17, 15) is 0 Å². The minimum Gasteiger partial charge on any atom is -0.337 e. The van der Waals surface area contributed by atoms with Crippen LogP contribution >= 0.6 is 22.7 Å². The molecule has 4 aromatic rings. The number of nitrogens with one attached hydrogen (secondary N) is 1. The van der Waals surface area contributed by atoms with Gasteiger partial charge in [-0.3, -0.25) is 0 Å². The SMILES string of the molecule is Cc1ncc(-c2ccc(-c3cnc(N4CCNC(C(C)(C)C)C4)nn3)c3scnc23)s1. The molecule has 7 nitrogen and oxygen atoms in total. The minimum atomic E-state index is 0.183. The fourth-order valence-electron chi connectivity index (χ4n) is 3.89. The maximum Gasteiger partial charge on any atom is 0.245 e. The molecule has 1 unspecified atom stereocenters. The van der Waals surface area contributed by atoms with Crippen molar-refractivity contribution in [2.75, 3.05) is 24.5 Å². The van der Waals surface area contributed by atoms with Crippen LogP contribution in [0.15, 0.2) is 30.0 Å². The second kappa shape index (κ2) is 7.89. The van der Waals surface area contributed by atoms with E-state index < -0.39 is 0 Å². The summed E-state index contributed by atoms with van der Waals surface area (Å²) in [7, 11) is 0. The van der Waals surface area contributed by atoms with Crippen LogP contribution in [0.5, 0.6) is 0 Å². The Kier molecular flexibility index (Phi) is 5.19. The number of rotatable bonds is 3. The number of nitrogens with zero attached hydrogens (tertiary/aromatic N) is 6. The van der Waals surface area contributed by atoms with Gasteiger partial charge < -0.3 is 10.2 Å². The summed E-state index contributed by atoms with van der Waals surface area (Å²) in [4.78, 5) is 17.0. The number of fused-ring (bicyclic) bond motifs is 1. The first-order valence-corrected chi connectivity index (χ1v) is 12.1. The monoisotopic (exact) mass is 451 g/mol. The van der Waals surface area contributed by atoms with Crippen molar-refractivity contribution in [3.05, 3.63) is 35.0 Å². The van der Waals surface area contributed by atoms with Crippen LogP contribution in [-0.2, 0) is 0 Å². The van der Waals surface area contributed by atoms with Crippen LogP contribution in [0.4, 0.5) is 5.95 Å². The van der Waals surface area contributed by atoms with Crippen LogP contribution in [-0.4, -0.2) is 50.8 Å². The number of aryl methyl sites for hydroxylation is 1. The third kappa shape index (κ3) is 3.93. The van der Waals surface area contributed by atoms with Crippen molar-refractivity contribution in [2.45, 2.75) is 33.7 Å². The third-order valence-electron chi connectivity index (χ3n) is 5.70. The van der Waals surface area contributed by atoms with E-state index in [-0.39, 0.29) is 5.41 Å². The molecule has 0 spiro atoms. The standard InChI is InChI=1S/C22H25N7S2/c1-13-24-10-17(31-13)15-6-5-14(20-19(15)26-12-30-20)16-9-25-21(28-27-16)29-8-7-23-18(11-29)22(2,3)4/h5-6,9-10,12,18,23H,7-8,11H2,1-4H3. The molecule has 31 heavy (non-hydrogen) atoms. The van der Waals surface area contributed by atoms with Crippen molar-refractivity contribution in [1.82, 2.24) is 30.5 Å². The second-order valence-electron chi connectivity index (χ2n) is 8.90. The zero-order valence-corrected chi connectivity index (χ0v) is 19.7. The summed E-state index contributed by atoms with van der Waals surface area (Å²) in [5.74, 6) is 0.691. The Labute approximate surface area is 189 Å². The Morgan fingerprint density at radius 2 is 1.90 bits per heavy atom. The molecule has 5 rings (SSSR count). The number of hydrogen-bond donors (Lipinski definition) is 1. The topological polar surface area (TPSA) is 79.7 Å². The summed E-state index contributed by atoms with van der Waals surface area (Å²) in [5.41, 5.74) is 5.94. The molecule has 0 aliphatic carbocycles. The van der Waals surface area contributed by atoms with Gasteiger partial charge in [0.15, 0.2) is 0 Å². The normalized spacial score (nSPS) is 17.4. The molecule has 1 aliphatic rings. The molecule has 1 aliphatic heterocycles. The van der Waals surface area contributed by atoms with Crippen molar-refractivity contribution in [3.8, 4) is 21.7 Å². The van der Waals surface area contributed by atoms with E-state index in [4.69, 9.17) is 0 Å². The van der Waals surface area contributed by atoms with Gasteiger partial charge in [-0.05, 0) is 12.3 Å². The molecule has 160 valence electrons. The van der Waals surface area contributed by atoms with Crippen molar-refractivity contribution in [1.29, 1.82) is 0 Å². The number of hydrogen-bond acceptors (Lipinski definition) is 9. The zero-order chi connectivity index (χ0) is 21.6. The van der Waals surface area contributed by atoms with Crippen molar-refractivity contribution in [3.63, 3.8) is 0 Å². The first-order chi connectivity index (χ1) is 14.9. The first kappa shape index (κ1) is 20.4. The number of piperazine rings is 1. The van der Waals surface area contributed by atoms with Gasteiger partial charge in [0.1, 0.15) is 5.69 Å². The van der Waals surface area contributed by atoms with Crippen LogP contribution < -0.4 is 10.2 Å². The van der Waals surface area contributed by atoms with E-state index in [0.29, 0.717) is 12.0 Å². The molecule has 4 heterocycles. The molecule has 0 saturated carbocycles. The Balaban J connectivity index is 1.45. The quantitative estimate of drug-likeness (QED) is 0.494. The van der Waals surface area contributed by atoms with E-state index in [1.54, 1.807) is 22.7 Å². The molecule has 1 fully saturated rings. The van der Waals surface area contributed by atoms with E-state index in [1.807, 2.05) is 24.8 Å². The van der Waals surface area contributed by atoms with Gasteiger partial charge >= 0.3 is 0 Å². The molecule has 0 bridgehead atoms. The molecular formula is C22H25N7S2. The van der Waals surface area contributed by atoms with Crippen molar-refractivity contribution in [2.24, 2.45) is 5.41 Å². The fourth-order valence-corrected chi connectivity index (χ4v) is 5.53. The maximum absolute atomic E-state index is 4.67. The van der Waals surface area contributed by atoms with E-state index in [2.05, 4.69) is 68.3 Å². The minimum absolute atomic E-state index is 0.183. The molecule has 3 aromatic heterocycles. The van der Waals surface area contributed by atoms with Gasteiger partial charge in [-0.25, -0.2) is 15.0 Å². The number of anilines is 1. The highest BCUT2D eigenvalue weighted by molar-refractivity contribution is 7.18. The average Bonchev–Trinajstić information content (AvgIpc) is 3.42. The van der Waals surface area contributed by atoms with Gasteiger partial charge in [-0.15, -0.1) is 32.9 Å². The lowest BCUT2D eigenvalue weighted by molar-refractivity contribution is 0.252. The lowest BCUT2D eigenvalue weighted by atomic mass is 9.85. The van der Waals surface area contributed by atoms with Gasteiger partial charge in [-0.2, -0.15) is 0 Å². The Morgan fingerprint density at radius 3 is 2.61 bits per heavy atom. The largest absolute Gasteiger partial charge is 0.337 e. The number of benzene rings is 1. The smallest absolute Gasteiger partial charge is 0.245 e. The molecule has 0 amide bonds. The second-order valence-corrected chi connectivity index (χ2v) is 11.0. The highest BCUT2D eigenvalue weighted by Gasteiger charge is 2.30. The Hall–Kier alpha value is -2.49. The van der Waals surface area contributed by atoms with Crippen LogP contribution in [0, 0.1) is 12.3 Å². The summed E-state index contributed by atoms with van der Waals surface area (Å²) in [6.07, 6.45) is 3.75. The molecule has 0 radical (unpaired) electrons. The summed E-state index contributed by atoms with van der Waals surface area (Å²) >= 11 is 3.30. The van der Waals surface area contributed by atoms with Gasteiger partial charge in [-0.1, -0.05) is 32.9 Å². The average molecular weight is 452 g/mol. The van der Waals surface area contributed by atoms with Gasteiger partial charge in [0.25, 0.3) is 0 Å². The van der Waals surface area contributed by atoms with Gasteiger partial charge in [0.2, 0.25) is 5.95 Å². The van der Waals surface area contributed by atoms with Crippen LogP contribution in [0.3, 0.4) is 0 Å². The molecule has 1 N–H and O–H groups in total. The number of aromatic nitrogens is 5. The van der Waals surface area contributed by atoms with E-state index >= 15 is 0 Å². The van der Waals surface area contributed by atoms with Gasteiger partial charge in [0.05, 0.1) is 31.8 Å². The molecule has 1 aromatic carbocycles. The van der Waals surface area contributed by atoms with Crippen LogP contribution in [0.25, 0.3) is 31.9 Å². The lowest BCUT2D eigenvalue weighted by Gasteiger charge is -2.40. The van der Waals surface area contributed by atoms with E-state index in [0.717, 1.165) is 56.6 Å². The molecule has 9 heteroatoms. The van der Waals surface area contributed by atoms with Crippen molar-refractivity contribution >= 4 is 38.8 Å². The summed E-state index contributed by atoms with van der Waals surface area (Å²) in [6, 6.07) is 4.59. The third-order valence-corrected chi connectivity index (χ3v) is 7.51. The summed E-state index contributed by atoms with van der Waals surface area (Å²) in [6.45, 7) is 11.5. The van der Waals surface area contributed by atoms with Crippen LogP contribution in [0.2, 0.25) is 0 Å². The molecule has 1 atom stereocenters. The maximum atomic E-state index is 4.67. The van der Waals surface area contributed by atoms with Crippen LogP contribution in [0.1, 0.15) is 25.8 Å². The highest BCUT2D eigenvalue weighted by atomic mass is 32.1. The molecule has 1 saturated heterocycles. The Morgan fingerprint density at radius 1 is 1.06 bits per heavy atom. The van der Waals surface area contributed by atoms with Crippen molar-refractivity contribution < 1.29 is 0 Å². The zero-order valence-electron chi connectivity index (χ0n) is 18.1. The number of thiazole rings is 2. The lowest BCUT2D eigenvalue weighted by Crippen LogP contribution is -2.56.